The van der Waals surface area contributed by atoms with E-state index >= 15 is 0 Å². The number of ether oxygens (including phenoxy) is 5. The molecule has 2 aromatic rings. The average molecular weight is 845 g/mol. The first-order chi connectivity index (χ1) is 28.8. The number of aliphatic carboxylic acids is 1. The van der Waals surface area contributed by atoms with Crippen molar-refractivity contribution >= 4 is 23.9 Å². The molecule has 0 aliphatic carbocycles. The molecule has 4 N–H and O–H groups in total. The van der Waals surface area contributed by atoms with Crippen molar-refractivity contribution in [3.8, 4) is 17.6 Å². The van der Waals surface area contributed by atoms with E-state index in [1.54, 1.807) is 37.3 Å². The summed E-state index contributed by atoms with van der Waals surface area (Å²) in [6, 6.07) is 3.15. The van der Waals surface area contributed by atoms with Gasteiger partial charge < -0.3 is 42.7 Å². The van der Waals surface area contributed by atoms with Gasteiger partial charge in [0.15, 0.2) is 30.3 Å². The Labute approximate surface area is 350 Å². The fourth-order valence-electron chi connectivity index (χ4n) is 6.36. The molecule has 1 fully saturated rings. The minimum Gasteiger partial charge on any atom is -0.481 e. The van der Waals surface area contributed by atoms with Crippen LogP contribution in [0.15, 0.2) is 50.0 Å². The third kappa shape index (κ3) is 17.3. The Kier molecular flexibility index (Phi) is 21.6. The van der Waals surface area contributed by atoms with Gasteiger partial charge in [-0.25, -0.2) is 19.8 Å². The quantitative estimate of drug-likeness (QED) is 0.0152. The molecule has 0 spiro atoms. The van der Waals surface area contributed by atoms with Crippen LogP contribution < -0.4 is 16.0 Å². The number of hydrazine groups is 1. The number of carboxylic acid groups (broad SMARTS) is 1. The summed E-state index contributed by atoms with van der Waals surface area (Å²) in [5.74, 6) is -0.167. The molecule has 17 heteroatoms. The fraction of sp³-hybridized carbons (Fsp3) is 0.605. The van der Waals surface area contributed by atoms with E-state index in [9.17, 15) is 39.4 Å². The molecule has 0 amide bonds. The molecule has 0 bridgehead atoms. The molecule has 1 aliphatic rings. The number of nitrogens with zero attached hydrogens (tertiary/aromatic N) is 1. The van der Waals surface area contributed by atoms with Crippen molar-refractivity contribution < 1.29 is 67.1 Å². The Balaban J connectivity index is 1.73. The number of hydroxylamine groups is 1. The topological polar surface area (TPSA) is 237 Å². The Bertz CT molecular complexity index is 1790. The zero-order valence-corrected chi connectivity index (χ0v) is 35.0. The van der Waals surface area contributed by atoms with Crippen LogP contribution in [-0.4, -0.2) is 94.7 Å². The van der Waals surface area contributed by atoms with Gasteiger partial charge in [-0.15, -0.1) is 11.1 Å². The predicted octanol–water partition coefficient (Wildman–Crippen LogP) is 5.11. The Hall–Kier alpha value is -4.99. The van der Waals surface area contributed by atoms with Crippen molar-refractivity contribution in [3.05, 3.63) is 64.1 Å². The van der Waals surface area contributed by atoms with Crippen molar-refractivity contribution in [1.82, 2.24) is 10.6 Å². The summed E-state index contributed by atoms with van der Waals surface area (Å²) >= 11 is 0. The molecule has 2 heterocycles. The highest BCUT2D eigenvalue weighted by molar-refractivity contribution is 5.85. The molecule has 332 valence electrons. The largest absolute Gasteiger partial charge is 0.519 e. The summed E-state index contributed by atoms with van der Waals surface area (Å²) in [5, 5.41) is 33.7. The lowest BCUT2D eigenvalue weighted by Gasteiger charge is -2.36. The molecule has 2 unspecified atom stereocenters. The maximum absolute atomic E-state index is 13.3. The van der Waals surface area contributed by atoms with Crippen molar-refractivity contribution in [1.29, 1.82) is 0 Å². The number of rotatable bonds is 30. The minimum atomic E-state index is -3.06. The van der Waals surface area contributed by atoms with E-state index in [-0.39, 0.29) is 29.7 Å². The van der Waals surface area contributed by atoms with E-state index in [4.69, 9.17) is 27.8 Å². The number of benzene rings is 1. The first kappa shape index (κ1) is 49.4. The van der Waals surface area contributed by atoms with Crippen LogP contribution in [0, 0.1) is 18.8 Å². The number of hydrogen-bond acceptors (Lipinski definition) is 16. The molecule has 1 aliphatic heterocycles. The Morgan fingerprint density at radius 3 is 2.23 bits per heavy atom. The summed E-state index contributed by atoms with van der Waals surface area (Å²) in [4.78, 5) is 62.3. The van der Waals surface area contributed by atoms with Gasteiger partial charge in [0.05, 0.1) is 25.7 Å². The number of carbonyl (C=O) groups excluding carboxylic acids is 3. The monoisotopic (exact) mass is 844 g/mol. The van der Waals surface area contributed by atoms with E-state index in [1.165, 1.54) is 45.1 Å². The van der Waals surface area contributed by atoms with Gasteiger partial charge in [0, 0.05) is 0 Å². The number of unbranched alkanes of at least 4 members (excludes halogenated alkanes) is 8. The highest BCUT2D eigenvalue weighted by atomic mass is 16.6. The van der Waals surface area contributed by atoms with Gasteiger partial charge in [0.2, 0.25) is 0 Å². The Morgan fingerprint density at radius 1 is 0.967 bits per heavy atom. The van der Waals surface area contributed by atoms with E-state index in [2.05, 4.69) is 28.9 Å². The van der Waals surface area contributed by atoms with E-state index in [1.807, 2.05) is 0 Å². The normalized spacial score (nSPS) is 16.6. The van der Waals surface area contributed by atoms with E-state index in [0.717, 1.165) is 39.2 Å². The minimum absolute atomic E-state index is 0.0316. The van der Waals surface area contributed by atoms with Crippen molar-refractivity contribution in [2.45, 2.75) is 147 Å². The molecule has 1 aromatic carbocycles. The molecule has 1 saturated heterocycles. The first-order valence-electron chi connectivity index (χ1n) is 20.4. The van der Waals surface area contributed by atoms with Crippen LogP contribution in [0.5, 0.6) is 5.75 Å². The van der Waals surface area contributed by atoms with Gasteiger partial charge in [-0.1, -0.05) is 88.5 Å². The molecular weight excluding hydrogens is 784 g/mol. The lowest BCUT2D eigenvalue weighted by atomic mass is 9.89. The second-order valence-corrected chi connectivity index (χ2v) is 14.6. The lowest BCUT2D eigenvalue weighted by molar-refractivity contribution is -0.223. The number of methoxy groups -OCH3 is 1. The maximum Gasteiger partial charge on any atom is 0.519 e. The molecule has 0 saturated carbocycles. The highest BCUT2D eigenvalue weighted by Crippen LogP contribution is 2.32. The van der Waals surface area contributed by atoms with Crippen molar-refractivity contribution in [3.63, 3.8) is 0 Å². The maximum atomic E-state index is 13.3. The smallest absolute Gasteiger partial charge is 0.481 e. The number of nitrogens with one attached hydrogen (secondary N) is 1. The number of esters is 3. The van der Waals surface area contributed by atoms with Crippen molar-refractivity contribution in [2.24, 2.45) is 0 Å². The highest BCUT2D eigenvalue weighted by Gasteiger charge is 2.49. The summed E-state index contributed by atoms with van der Waals surface area (Å²) in [6.45, 7) is 4.06. The number of carbonyl (C=O) groups is 4. The van der Waals surface area contributed by atoms with Crippen LogP contribution in [0.4, 0.5) is 0 Å². The second kappa shape index (κ2) is 26.3. The van der Waals surface area contributed by atoms with Gasteiger partial charge in [0.25, 0.3) is 0 Å². The standard InChI is InChI=1S/C43H60N2O15/c1-5-7-9-12-15-18-34-35(59-34)19-16-13-10-11-14-17-20-37(43(52,41(49)50)27-38(46)56-28-36-30(3)58-42(51)60-36)45(53)44-33(40(48)57-29-39(47)54-4)26-31-21-23-32(24-22-31)55-25-8-6-2/h17,20-24,33-35,37,44,52-53H,5,7,9-16,18-19,25-29H2,1-4H3,(H,49,50)/b20-17+/t33-,34?,35?,37-,43-/m0/s1. The van der Waals surface area contributed by atoms with Gasteiger partial charge in [-0.2, -0.15) is 0 Å². The molecule has 1 aromatic heterocycles. The van der Waals surface area contributed by atoms with Crippen molar-refractivity contribution in [2.75, 3.05) is 20.3 Å². The van der Waals surface area contributed by atoms with E-state index in [0.29, 0.717) is 36.4 Å². The summed E-state index contributed by atoms with van der Waals surface area (Å²) < 4.78 is 35.7. The molecule has 3 rings (SSSR count). The molecule has 17 nitrogen and oxygen atoms in total. The third-order valence-electron chi connectivity index (χ3n) is 9.93. The SMILES string of the molecule is CC#CCOc1ccc(C[C@H](NN(O)[C@@H](/C=C/CCCCCCC2OC2CCCCCCC)[C@@](O)(CC(=O)OCc2oc(=O)oc2C)C(=O)O)C(=O)OCC(=O)OC)cc1. The zero-order valence-electron chi connectivity index (χ0n) is 35.0. The number of hydrogen-bond donors (Lipinski definition) is 4. The number of aliphatic hydroxyl groups is 1. The van der Waals surface area contributed by atoms with Crippen LogP contribution in [0.3, 0.4) is 0 Å². The van der Waals surface area contributed by atoms with Crippen LogP contribution in [0.1, 0.15) is 114 Å². The zero-order chi connectivity index (χ0) is 43.9. The predicted molar refractivity (Wildman–Crippen MR) is 214 cm³/mol. The molecular formula is C43H60N2O15. The van der Waals surface area contributed by atoms with Gasteiger partial charge in [-0.05, 0) is 63.6 Å². The summed E-state index contributed by atoms with van der Waals surface area (Å²) in [6.07, 6.45) is 14.3. The molecule has 60 heavy (non-hydrogen) atoms. The average Bonchev–Trinajstić information content (AvgIpc) is 3.89. The first-order valence-corrected chi connectivity index (χ1v) is 20.4. The van der Waals surface area contributed by atoms with Crippen LogP contribution in [0.2, 0.25) is 0 Å². The number of allylic oxidation sites excluding steroid dienone is 1. The second-order valence-electron chi connectivity index (χ2n) is 14.6. The van der Waals surface area contributed by atoms with Crippen LogP contribution >= 0.6 is 0 Å². The number of epoxide rings is 1. The lowest BCUT2D eigenvalue weighted by Crippen LogP contribution is -2.62. The van der Waals surface area contributed by atoms with Gasteiger partial charge >= 0.3 is 29.7 Å². The van der Waals surface area contributed by atoms with Gasteiger partial charge in [-0.3, -0.25) is 14.8 Å². The van der Waals surface area contributed by atoms with E-state index < -0.39 is 67.0 Å². The van der Waals surface area contributed by atoms with Gasteiger partial charge in [0.1, 0.15) is 24.4 Å². The van der Waals surface area contributed by atoms with Crippen LogP contribution in [-0.2, 0) is 51.2 Å². The molecule has 5 atom stereocenters. The summed E-state index contributed by atoms with van der Waals surface area (Å²) in [7, 11) is 1.10. The molecule has 0 radical (unpaired) electrons. The fourth-order valence-corrected chi connectivity index (χ4v) is 6.36. The summed E-state index contributed by atoms with van der Waals surface area (Å²) in [5.41, 5.74) is -0.0394. The number of aryl methyl sites for hydroxylation is 1. The van der Waals surface area contributed by atoms with Crippen LogP contribution in [0.25, 0.3) is 0 Å². The third-order valence-corrected chi connectivity index (χ3v) is 9.93. The number of carboxylic acids is 1. The Morgan fingerprint density at radius 2 is 1.63 bits per heavy atom.